The van der Waals surface area contributed by atoms with Gasteiger partial charge < -0.3 is 19.5 Å². The third-order valence-corrected chi connectivity index (χ3v) is 3.25. The third kappa shape index (κ3) is 3.08. The molecule has 1 aliphatic rings. The Morgan fingerprint density at radius 1 is 1.45 bits per heavy atom. The molecule has 1 atom stereocenters. The van der Waals surface area contributed by atoms with Crippen LogP contribution in [0.4, 0.5) is 5.69 Å². The van der Waals surface area contributed by atoms with E-state index in [4.69, 9.17) is 14.6 Å². The molecule has 6 heteroatoms. The van der Waals surface area contributed by atoms with Gasteiger partial charge in [0.25, 0.3) is 5.91 Å². The highest BCUT2D eigenvalue weighted by molar-refractivity contribution is 5.95. The lowest BCUT2D eigenvalue weighted by molar-refractivity contribution is -0.151. The van der Waals surface area contributed by atoms with Crippen LogP contribution >= 0.6 is 0 Å². The van der Waals surface area contributed by atoms with Crippen LogP contribution in [0.25, 0.3) is 0 Å². The molecule has 1 aliphatic heterocycles. The van der Waals surface area contributed by atoms with Gasteiger partial charge in [-0.3, -0.25) is 9.59 Å². The Bertz CT molecular complexity index is 513. The molecule has 1 aromatic carbocycles. The first kappa shape index (κ1) is 14.3. The quantitative estimate of drug-likeness (QED) is 0.898. The van der Waals surface area contributed by atoms with E-state index in [1.807, 2.05) is 0 Å². The number of hydrogen-bond acceptors (Lipinski definition) is 4. The highest BCUT2D eigenvalue weighted by Gasteiger charge is 2.38. The number of benzene rings is 1. The molecule has 1 fully saturated rings. The lowest BCUT2D eigenvalue weighted by atomic mass is 9.99. The Balaban J connectivity index is 2.19. The van der Waals surface area contributed by atoms with E-state index in [2.05, 4.69) is 0 Å². The van der Waals surface area contributed by atoms with Crippen molar-refractivity contribution in [3.05, 3.63) is 24.3 Å². The van der Waals surface area contributed by atoms with Crippen LogP contribution in [0.15, 0.2) is 24.3 Å². The van der Waals surface area contributed by atoms with Gasteiger partial charge in [0.2, 0.25) is 0 Å². The molecule has 1 heterocycles. The molecule has 20 heavy (non-hydrogen) atoms. The van der Waals surface area contributed by atoms with Crippen molar-refractivity contribution in [2.45, 2.75) is 18.9 Å². The number of carboxylic acids is 1. The number of morpholine rings is 1. The molecule has 0 radical (unpaired) electrons. The number of carbonyl (C=O) groups is 2. The molecule has 0 aromatic heterocycles. The number of rotatable bonds is 4. The van der Waals surface area contributed by atoms with E-state index in [1.54, 1.807) is 43.2 Å². The molecule has 1 N–H and O–H groups in total. The van der Waals surface area contributed by atoms with E-state index < -0.39 is 11.6 Å². The van der Waals surface area contributed by atoms with E-state index in [-0.39, 0.29) is 25.5 Å². The Hall–Kier alpha value is -2.08. The maximum absolute atomic E-state index is 11.9. The van der Waals surface area contributed by atoms with Crippen LogP contribution in [0, 0.1) is 0 Å². The number of aliphatic carboxylic acids is 1. The van der Waals surface area contributed by atoms with Crippen molar-refractivity contribution >= 4 is 17.6 Å². The second-order valence-electron chi connectivity index (χ2n) is 4.99. The molecule has 1 aromatic rings. The summed E-state index contributed by atoms with van der Waals surface area (Å²) in [5, 5.41) is 8.92. The monoisotopic (exact) mass is 279 g/mol. The zero-order valence-electron chi connectivity index (χ0n) is 11.5. The summed E-state index contributed by atoms with van der Waals surface area (Å²) in [4.78, 5) is 24.4. The number of anilines is 1. The first-order valence-corrected chi connectivity index (χ1v) is 6.24. The average molecular weight is 279 g/mol. The zero-order chi connectivity index (χ0) is 14.8. The van der Waals surface area contributed by atoms with Crippen molar-refractivity contribution in [3.8, 4) is 5.75 Å². The number of nitrogens with zero attached hydrogens (tertiary/aromatic N) is 1. The van der Waals surface area contributed by atoms with Crippen LogP contribution in [0.3, 0.4) is 0 Å². The summed E-state index contributed by atoms with van der Waals surface area (Å²) in [6.45, 7) is 1.80. The zero-order valence-corrected chi connectivity index (χ0v) is 11.5. The number of hydrogen-bond donors (Lipinski definition) is 1. The van der Waals surface area contributed by atoms with Crippen molar-refractivity contribution in [2.24, 2.45) is 0 Å². The summed E-state index contributed by atoms with van der Waals surface area (Å²) in [5.41, 5.74) is -0.171. The lowest BCUT2D eigenvalue weighted by Crippen LogP contribution is -2.54. The number of ether oxygens (including phenoxy) is 2. The summed E-state index contributed by atoms with van der Waals surface area (Å²) in [6, 6.07) is 7.05. The van der Waals surface area contributed by atoms with Gasteiger partial charge in [0.1, 0.15) is 12.4 Å². The van der Waals surface area contributed by atoms with Crippen LogP contribution in [0.1, 0.15) is 13.3 Å². The van der Waals surface area contributed by atoms with Gasteiger partial charge in [-0.2, -0.15) is 0 Å². The van der Waals surface area contributed by atoms with Gasteiger partial charge in [0.05, 0.1) is 25.7 Å². The summed E-state index contributed by atoms with van der Waals surface area (Å²) >= 11 is 0. The second-order valence-corrected chi connectivity index (χ2v) is 4.99. The molecule has 108 valence electrons. The standard InChI is InChI=1S/C14H17NO5/c1-14(7-13(17)18)9-15(12(16)8-20-14)10-3-5-11(19-2)6-4-10/h3-6H,7-9H2,1-2H3,(H,17,18). The molecule has 0 spiro atoms. The largest absolute Gasteiger partial charge is 0.497 e. The van der Waals surface area contributed by atoms with E-state index in [9.17, 15) is 9.59 Å². The highest BCUT2D eigenvalue weighted by atomic mass is 16.5. The van der Waals surface area contributed by atoms with Crippen LogP contribution in [0.2, 0.25) is 0 Å². The fourth-order valence-electron chi connectivity index (χ4n) is 2.21. The van der Waals surface area contributed by atoms with Gasteiger partial charge in [-0.15, -0.1) is 0 Å². The molecule has 1 amide bonds. The van der Waals surface area contributed by atoms with E-state index in [1.165, 1.54) is 0 Å². The Kier molecular flexibility index (Phi) is 3.94. The normalized spacial score (nSPS) is 22.7. The average Bonchev–Trinajstić information content (AvgIpc) is 2.41. The Morgan fingerprint density at radius 2 is 2.10 bits per heavy atom. The van der Waals surface area contributed by atoms with Crippen LogP contribution in [0.5, 0.6) is 5.75 Å². The van der Waals surface area contributed by atoms with Crippen molar-refractivity contribution in [2.75, 3.05) is 25.2 Å². The van der Waals surface area contributed by atoms with Gasteiger partial charge in [-0.1, -0.05) is 0 Å². The molecular formula is C14H17NO5. The Morgan fingerprint density at radius 3 is 2.65 bits per heavy atom. The molecule has 0 aliphatic carbocycles. The van der Waals surface area contributed by atoms with Gasteiger partial charge >= 0.3 is 5.97 Å². The second kappa shape index (κ2) is 5.50. The fraction of sp³-hybridized carbons (Fsp3) is 0.429. The van der Waals surface area contributed by atoms with Crippen LogP contribution in [-0.2, 0) is 14.3 Å². The number of methoxy groups -OCH3 is 1. The molecule has 1 saturated heterocycles. The summed E-state index contributed by atoms with van der Waals surface area (Å²) in [7, 11) is 1.57. The summed E-state index contributed by atoms with van der Waals surface area (Å²) in [6.07, 6.45) is -0.146. The molecule has 1 unspecified atom stereocenters. The number of carbonyl (C=O) groups excluding carboxylic acids is 1. The van der Waals surface area contributed by atoms with E-state index in [0.717, 1.165) is 0 Å². The van der Waals surface area contributed by atoms with Crippen molar-refractivity contribution in [1.82, 2.24) is 0 Å². The number of amides is 1. The predicted octanol–water partition coefficient (Wildman–Crippen LogP) is 1.29. The van der Waals surface area contributed by atoms with E-state index >= 15 is 0 Å². The molecule has 0 bridgehead atoms. The SMILES string of the molecule is COc1ccc(N2CC(C)(CC(=O)O)OCC2=O)cc1. The topological polar surface area (TPSA) is 76.1 Å². The molecule has 6 nitrogen and oxygen atoms in total. The Labute approximate surface area is 116 Å². The smallest absolute Gasteiger partial charge is 0.306 e. The fourth-order valence-corrected chi connectivity index (χ4v) is 2.21. The van der Waals surface area contributed by atoms with Crippen molar-refractivity contribution in [1.29, 1.82) is 0 Å². The summed E-state index contributed by atoms with van der Waals surface area (Å²) in [5.74, 6) is -0.433. The maximum atomic E-state index is 11.9. The van der Waals surface area contributed by atoms with Crippen molar-refractivity contribution < 1.29 is 24.2 Å². The number of carboxylic acid groups (broad SMARTS) is 1. The van der Waals surface area contributed by atoms with E-state index in [0.29, 0.717) is 11.4 Å². The third-order valence-electron chi connectivity index (χ3n) is 3.25. The maximum Gasteiger partial charge on any atom is 0.306 e. The predicted molar refractivity (Wildman–Crippen MR) is 72.0 cm³/mol. The van der Waals surface area contributed by atoms with Crippen molar-refractivity contribution in [3.63, 3.8) is 0 Å². The van der Waals surface area contributed by atoms with Gasteiger partial charge in [0.15, 0.2) is 0 Å². The minimum Gasteiger partial charge on any atom is -0.497 e. The van der Waals surface area contributed by atoms with Gasteiger partial charge in [0, 0.05) is 5.69 Å². The van der Waals surface area contributed by atoms with Crippen LogP contribution < -0.4 is 9.64 Å². The van der Waals surface area contributed by atoms with Crippen LogP contribution in [-0.4, -0.2) is 42.8 Å². The van der Waals surface area contributed by atoms with Gasteiger partial charge in [-0.25, -0.2) is 0 Å². The highest BCUT2D eigenvalue weighted by Crippen LogP contribution is 2.27. The first-order valence-electron chi connectivity index (χ1n) is 6.24. The molecule has 0 saturated carbocycles. The molecular weight excluding hydrogens is 262 g/mol. The first-order chi connectivity index (χ1) is 9.43. The molecule has 2 rings (SSSR count). The minimum absolute atomic E-state index is 0.115. The van der Waals surface area contributed by atoms with Gasteiger partial charge in [-0.05, 0) is 31.2 Å². The minimum atomic E-state index is -0.948. The summed E-state index contributed by atoms with van der Waals surface area (Å²) < 4.78 is 10.5. The lowest BCUT2D eigenvalue weighted by Gasteiger charge is -2.39.